The predicted octanol–water partition coefficient (Wildman–Crippen LogP) is 5.56. The third kappa shape index (κ3) is 3.86. The van der Waals surface area contributed by atoms with Crippen LogP contribution in [0.3, 0.4) is 0 Å². The van der Waals surface area contributed by atoms with Gasteiger partial charge in [-0.3, -0.25) is 0 Å². The summed E-state index contributed by atoms with van der Waals surface area (Å²) in [7, 11) is -3.81. The summed E-state index contributed by atoms with van der Waals surface area (Å²) < 4.78 is 40.7. The van der Waals surface area contributed by atoms with Crippen LogP contribution in [0.5, 0.6) is 5.75 Å². The first-order valence-corrected chi connectivity index (χ1v) is 11.7. The molecule has 0 atom stereocenters. The van der Waals surface area contributed by atoms with Crippen molar-refractivity contribution < 1.29 is 23.0 Å². The zero-order valence-corrected chi connectivity index (χ0v) is 18.3. The van der Waals surface area contributed by atoms with Gasteiger partial charge in [0.05, 0.1) is 6.07 Å². The fourth-order valence-electron chi connectivity index (χ4n) is 3.85. The van der Waals surface area contributed by atoms with Crippen LogP contribution in [-0.2, 0) is 16.3 Å². The van der Waals surface area contributed by atoms with Crippen LogP contribution < -0.4 is 4.89 Å². The van der Waals surface area contributed by atoms with Crippen molar-refractivity contribution in [2.24, 2.45) is 0 Å². The van der Waals surface area contributed by atoms with Gasteiger partial charge < -0.3 is 4.89 Å². The van der Waals surface area contributed by atoms with Crippen molar-refractivity contribution >= 4 is 43.0 Å². The van der Waals surface area contributed by atoms with Gasteiger partial charge in [0.1, 0.15) is 11.0 Å². The van der Waals surface area contributed by atoms with Crippen molar-refractivity contribution in [3.8, 4) is 22.9 Å². The highest BCUT2D eigenvalue weighted by atomic mass is 35.5. The lowest BCUT2D eigenvalue weighted by atomic mass is 9.90. The smallest absolute Gasteiger partial charge is 0.193 e. The van der Waals surface area contributed by atoms with Crippen molar-refractivity contribution in [2.75, 3.05) is 6.26 Å². The molecule has 0 spiro atoms. The molecule has 0 aliphatic rings. The third-order valence-electron chi connectivity index (χ3n) is 5.16. The van der Waals surface area contributed by atoms with Crippen molar-refractivity contribution in [3.63, 3.8) is 0 Å². The summed E-state index contributed by atoms with van der Waals surface area (Å²) in [5.41, 5.74) is 1.02. The molecule has 162 valence electrons. The number of rotatable bonds is 5. The lowest BCUT2D eigenvalue weighted by molar-refractivity contribution is -0.137. The number of sulfone groups is 1. The van der Waals surface area contributed by atoms with E-state index in [2.05, 4.69) is 9.87 Å². The Morgan fingerprint density at radius 3 is 2.59 bits per heavy atom. The summed E-state index contributed by atoms with van der Waals surface area (Å²) in [4.78, 5) is 8.34. The molecule has 0 saturated carbocycles. The van der Waals surface area contributed by atoms with Gasteiger partial charge in [0.15, 0.2) is 20.6 Å². The maximum Gasteiger partial charge on any atom is 0.193 e. The highest BCUT2D eigenvalue weighted by molar-refractivity contribution is 7.90. The van der Waals surface area contributed by atoms with Crippen molar-refractivity contribution in [3.05, 3.63) is 65.1 Å². The number of nitrogens with zero attached hydrogens (tertiary/aromatic N) is 2. The summed E-state index contributed by atoms with van der Waals surface area (Å²) in [6.45, 7) is 0. The van der Waals surface area contributed by atoms with Gasteiger partial charge in [-0.25, -0.2) is 23.0 Å². The number of hydrogen-bond acceptors (Lipinski definition) is 6. The number of benzene rings is 3. The minimum Gasteiger partial charge on any atom is -0.340 e. The second kappa shape index (κ2) is 8.36. The van der Waals surface area contributed by atoms with Gasteiger partial charge in [-0.15, -0.1) is 0 Å². The summed E-state index contributed by atoms with van der Waals surface area (Å²) in [5, 5.41) is 19.3. The predicted molar refractivity (Wildman–Crippen MR) is 120 cm³/mol. The molecule has 0 fully saturated rings. The van der Waals surface area contributed by atoms with Gasteiger partial charge in [-0.2, -0.15) is 5.26 Å². The second-order valence-corrected chi connectivity index (χ2v) is 9.60. The van der Waals surface area contributed by atoms with E-state index in [0.717, 1.165) is 6.26 Å². The zero-order valence-electron chi connectivity index (χ0n) is 16.8. The van der Waals surface area contributed by atoms with Crippen LogP contribution in [0.15, 0.2) is 53.6 Å². The molecular formula is C23H16ClFN2O4S. The second-order valence-electron chi connectivity index (χ2n) is 7.28. The molecule has 32 heavy (non-hydrogen) atoms. The summed E-state index contributed by atoms with van der Waals surface area (Å²) in [6.07, 6.45) is 1.23. The Hall–Kier alpha value is -3.25. The molecule has 1 heterocycles. The molecule has 1 aromatic heterocycles. The Morgan fingerprint density at radius 2 is 1.91 bits per heavy atom. The molecule has 0 unspecified atom stereocenters. The molecule has 6 nitrogen and oxygen atoms in total. The number of hydrogen-bond donors (Lipinski definition) is 1. The van der Waals surface area contributed by atoms with E-state index in [1.54, 1.807) is 30.3 Å². The lowest BCUT2D eigenvalue weighted by Crippen LogP contribution is -2.05. The molecule has 0 saturated heterocycles. The van der Waals surface area contributed by atoms with Crippen molar-refractivity contribution in [1.29, 1.82) is 5.26 Å². The first-order chi connectivity index (χ1) is 15.2. The topological polar surface area (TPSA) is 100 Å². The van der Waals surface area contributed by atoms with Gasteiger partial charge in [0, 0.05) is 29.0 Å². The molecule has 3 aromatic carbocycles. The van der Waals surface area contributed by atoms with Crippen LogP contribution in [0.4, 0.5) is 4.39 Å². The number of halogens is 2. The van der Waals surface area contributed by atoms with E-state index in [1.165, 1.54) is 18.2 Å². The zero-order chi connectivity index (χ0) is 23.0. The van der Waals surface area contributed by atoms with E-state index in [1.807, 2.05) is 6.07 Å². The van der Waals surface area contributed by atoms with Crippen LogP contribution in [0, 0.1) is 17.1 Å². The average molecular weight is 471 g/mol. The van der Waals surface area contributed by atoms with Crippen molar-refractivity contribution in [1.82, 2.24) is 4.98 Å². The Kier molecular flexibility index (Phi) is 5.73. The van der Waals surface area contributed by atoms with E-state index >= 15 is 4.39 Å². The van der Waals surface area contributed by atoms with Gasteiger partial charge in [-0.1, -0.05) is 35.9 Å². The van der Waals surface area contributed by atoms with Crippen molar-refractivity contribution in [2.45, 2.75) is 17.9 Å². The molecular weight excluding hydrogens is 455 g/mol. The molecule has 0 aliphatic heterocycles. The third-order valence-corrected chi connectivity index (χ3v) is 6.36. The fourth-order valence-corrected chi connectivity index (χ4v) is 4.93. The van der Waals surface area contributed by atoms with Crippen LogP contribution in [0.2, 0.25) is 5.15 Å². The van der Waals surface area contributed by atoms with E-state index in [9.17, 15) is 13.7 Å². The number of nitriles is 1. The molecule has 4 rings (SSSR count). The summed E-state index contributed by atoms with van der Waals surface area (Å²) in [6, 6.07) is 15.1. The first kappa shape index (κ1) is 22.0. The molecule has 0 amide bonds. The van der Waals surface area contributed by atoms with Gasteiger partial charge in [-0.05, 0) is 52.6 Å². The summed E-state index contributed by atoms with van der Waals surface area (Å²) in [5.74, 6) is -0.598. The highest BCUT2D eigenvalue weighted by Gasteiger charge is 2.23. The molecule has 0 radical (unpaired) electrons. The SMILES string of the molecule is CS(=O)(=O)c1nc(Cl)cc2c(F)c(-c3cc(OO)cc4ccccc34)c(CCC#N)cc12. The number of fused-ring (bicyclic) bond motifs is 2. The summed E-state index contributed by atoms with van der Waals surface area (Å²) >= 11 is 6.03. The Labute approximate surface area is 188 Å². The van der Waals surface area contributed by atoms with Gasteiger partial charge in [0.2, 0.25) is 0 Å². The number of aryl methyl sites for hydroxylation is 1. The largest absolute Gasteiger partial charge is 0.340 e. The van der Waals surface area contributed by atoms with Crippen LogP contribution in [0.25, 0.3) is 32.7 Å². The molecule has 1 N–H and O–H groups in total. The standard InChI is InChI=1S/C23H16ClFN2O4S/c1-32(29,30)23-19-10-14(6-4-8-26)21(22(25)18(19)12-20(24)27-23)17-11-15(31-28)9-13-5-2-3-7-16(13)17/h2-3,5,7,9-12,28H,4,6H2,1H3. The molecule has 0 bridgehead atoms. The minimum atomic E-state index is -3.81. The Morgan fingerprint density at radius 1 is 1.16 bits per heavy atom. The monoisotopic (exact) mass is 470 g/mol. The van der Waals surface area contributed by atoms with Crippen LogP contribution in [-0.4, -0.2) is 24.9 Å². The van der Waals surface area contributed by atoms with Crippen LogP contribution in [0.1, 0.15) is 12.0 Å². The fraction of sp³-hybridized carbons (Fsp3) is 0.130. The Balaban J connectivity index is 2.18. The maximum atomic E-state index is 16.1. The quantitative estimate of drug-likeness (QED) is 0.233. The van der Waals surface area contributed by atoms with Gasteiger partial charge in [0.25, 0.3) is 0 Å². The van der Waals surface area contributed by atoms with E-state index in [4.69, 9.17) is 16.9 Å². The first-order valence-electron chi connectivity index (χ1n) is 9.48. The highest BCUT2D eigenvalue weighted by Crippen LogP contribution is 2.41. The molecule has 9 heteroatoms. The maximum absolute atomic E-state index is 16.1. The Bertz CT molecular complexity index is 1530. The lowest BCUT2D eigenvalue weighted by Gasteiger charge is -2.17. The number of aromatic nitrogens is 1. The van der Waals surface area contributed by atoms with E-state index in [-0.39, 0.29) is 45.1 Å². The van der Waals surface area contributed by atoms with E-state index < -0.39 is 15.7 Å². The molecule has 0 aliphatic carbocycles. The van der Waals surface area contributed by atoms with E-state index in [0.29, 0.717) is 21.9 Å². The average Bonchev–Trinajstić information content (AvgIpc) is 2.76. The normalized spacial score (nSPS) is 11.6. The minimum absolute atomic E-state index is 0.0134. The molecule has 4 aromatic rings. The van der Waals surface area contributed by atoms with Crippen LogP contribution >= 0.6 is 11.6 Å². The van der Waals surface area contributed by atoms with Gasteiger partial charge >= 0.3 is 0 Å². The number of pyridine rings is 1.